The number of anilines is 1. The number of ether oxygens (including phenoxy) is 2. The van der Waals surface area contributed by atoms with Crippen molar-refractivity contribution < 1.29 is 14.3 Å². The van der Waals surface area contributed by atoms with E-state index in [4.69, 9.17) is 15.2 Å². The van der Waals surface area contributed by atoms with Gasteiger partial charge in [-0.3, -0.25) is 4.79 Å². The van der Waals surface area contributed by atoms with Gasteiger partial charge in [0.2, 0.25) is 0 Å². The first kappa shape index (κ1) is 14.5. The number of esters is 1. The smallest absolute Gasteiger partial charge is 0.310 e. The molecule has 4 heteroatoms. The van der Waals surface area contributed by atoms with Crippen LogP contribution in [-0.2, 0) is 20.7 Å². The molecule has 4 nitrogen and oxygen atoms in total. The van der Waals surface area contributed by atoms with E-state index in [1.165, 1.54) is 0 Å². The Bertz CT molecular complexity index is 360. The number of hydrogen-bond acceptors (Lipinski definition) is 4. The monoisotopic (exact) mass is 251 g/mol. The molecule has 0 aliphatic carbocycles. The molecule has 0 radical (unpaired) electrons. The van der Waals surface area contributed by atoms with Gasteiger partial charge in [-0.1, -0.05) is 26.0 Å². The first-order valence-corrected chi connectivity index (χ1v) is 6.15. The van der Waals surface area contributed by atoms with Crippen LogP contribution in [0.1, 0.15) is 19.4 Å². The van der Waals surface area contributed by atoms with E-state index in [0.717, 1.165) is 5.56 Å². The molecule has 0 fully saturated rings. The summed E-state index contributed by atoms with van der Waals surface area (Å²) in [6, 6.07) is 7.19. The normalized spacial score (nSPS) is 10.6. The predicted molar refractivity (Wildman–Crippen MR) is 71.2 cm³/mol. The van der Waals surface area contributed by atoms with Crippen LogP contribution in [0.5, 0.6) is 0 Å². The van der Waals surface area contributed by atoms with Crippen molar-refractivity contribution in [2.24, 2.45) is 5.92 Å². The van der Waals surface area contributed by atoms with Crippen molar-refractivity contribution in [1.82, 2.24) is 0 Å². The van der Waals surface area contributed by atoms with Crippen LogP contribution in [0.25, 0.3) is 0 Å². The van der Waals surface area contributed by atoms with Crippen molar-refractivity contribution in [3.8, 4) is 0 Å². The van der Waals surface area contributed by atoms with Crippen LogP contribution >= 0.6 is 0 Å². The van der Waals surface area contributed by atoms with Crippen LogP contribution in [0, 0.1) is 5.92 Å². The van der Waals surface area contributed by atoms with Crippen LogP contribution in [0.15, 0.2) is 24.3 Å². The summed E-state index contributed by atoms with van der Waals surface area (Å²) >= 11 is 0. The van der Waals surface area contributed by atoms with Crippen LogP contribution in [-0.4, -0.2) is 25.8 Å². The van der Waals surface area contributed by atoms with Crippen LogP contribution < -0.4 is 5.73 Å². The molecule has 0 amide bonds. The van der Waals surface area contributed by atoms with Gasteiger partial charge in [-0.25, -0.2) is 0 Å². The molecule has 0 atom stereocenters. The molecule has 0 heterocycles. The van der Waals surface area contributed by atoms with E-state index in [1.807, 2.05) is 12.1 Å². The number of benzene rings is 1. The maximum atomic E-state index is 11.5. The Morgan fingerprint density at radius 3 is 2.50 bits per heavy atom. The van der Waals surface area contributed by atoms with Crippen molar-refractivity contribution in [3.63, 3.8) is 0 Å². The van der Waals surface area contributed by atoms with Gasteiger partial charge in [0.15, 0.2) is 0 Å². The summed E-state index contributed by atoms with van der Waals surface area (Å²) in [5, 5.41) is 0. The number of rotatable bonds is 7. The van der Waals surface area contributed by atoms with Gasteiger partial charge in [-0.2, -0.15) is 0 Å². The molecule has 0 spiro atoms. The van der Waals surface area contributed by atoms with Gasteiger partial charge in [0.05, 0.1) is 13.0 Å². The molecule has 1 aromatic rings. The van der Waals surface area contributed by atoms with E-state index >= 15 is 0 Å². The second-order valence-corrected chi connectivity index (χ2v) is 4.61. The summed E-state index contributed by atoms with van der Waals surface area (Å²) in [6.07, 6.45) is 0.268. The number of carbonyl (C=O) groups is 1. The Balaban J connectivity index is 2.16. The predicted octanol–water partition coefficient (Wildman–Crippen LogP) is 2.03. The zero-order chi connectivity index (χ0) is 13.4. The SMILES string of the molecule is CC(C)COCCOC(=O)Cc1ccc(N)cc1. The molecule has 0 saturated heterocycles. The highest BCUT2D eigenvalue weighted by Crippen LogP contribution is 2.06. The quantitative estimate of drug-likeness (QED) is 0.457. The average molecular weight is 251 g/mol. The highest BCUT2D eigenvalue weighted by molar-refractivity contribution is 5.72. The Morgan fingerprint density at radius 1 is 1.22 bits per heavy atom. The minimum absolute atomic E-state index is 0.243. The van der Waals surface area contributed by atoms with Crippen molar-refractivity contribution in [1.29, 1.82) is 0 Å². The van der Waals surface area contributed by atoms with Crippen LogP contribution in [0.3, 0.4) is 0 Å². The van der Waals surface area contributed by atoms with Gasteiger partial charge in [0.1, 0.15) is 6.61 Å². The summed E-state index contributed by atoms with van der Waals surface area (Å²) in [6.45, 7) is 5.60. The lowest BCUT2D eigenvalue weighted by molar-refractivity contribution is -0.144. The molecule has 100 valence electrons. The van der Waals surface area contributed by atoms with Crippen molar-refractivity contribution in [2.75, 3.05) is 25.6 Å². The fourth-order valence-electron chi connectivity index (χ4n) is 1.39. The molecule has 1 aromatic carbocycles. The van der Waals surface area contributed by atoms with E-state index in [-0.39, 0.29) is 12.4 Å². The first-order chi connectivity index (χ1) is 8.58. The molecule has 0 saturated carbocycles. The molecule has 0 aromatic heterocycles. The molecule has 0 aliphatic heterocycles. The molecule has 0 unspecified atom stereocenters. The molecule has 18 heavy (non-hydrogen) atoms. The van der Waals surface area contributed by atoms with Crippen molar-refractivity contribution >= 4 is 11.7 Å². The lowest BCUT2D eigenvalue weighted by Gasteiger charge is -2.08. The maximum Gasteiger partial charge on any atom is 0.310 e. The highest BCUT2D eigenvalue weighted by atomic mass is 16.6. The van der Waals surface area contributed by atoms with Crippen molar-refractivity contribution in [3.05, 3.63) is 29.8 Å². The number of nitrogens with two attached hydrogens (primary N) is 1. The molecule has 2 N–H and O–H groups in total. The van der Waals surface area contributed by atoms with Gasteiger partial charge < -0.3 is 15.2 Å². The molecular formula is C14H21NO3. The lowest BCUT2D eigenvalue weighted by atomic mass is 10.1. The second kappa shape index (κ2) is 7.71. The summed E-state index contributed by atoms with van der Waals surface area (Å²) in [7, 11) is 0. The van der Waals surface area contributed by atoms with E-state index in [0.29, 0.717) is 31.4 Å². The number of hydrogen-bond donors (Lipinski definition) is 1. The minimum Gasteiger partial charge on any atom is -0.463 e. The van der Waals surface area contributed by atoms with Gasteiger partial charge in [0, 0.05) is 12.3 Å². The molecule has 0 bridgehead atoms. The zero-order valence-electron chi connectivity index (χ0n) is 11.0. The Kier molecular flexibility index (Phi) is 6.22. The number of carbonyl (C=O) groups excluding carboxylic acids is 1. The molecule has 1 rings (SSSR count). The largest absolute Gasteiger partial charge is 0.463 e. The number of nitrogen functional groups attached to an aromatic ring is 1. The summed E-state index contributed by atoms with van der Waals surface area (Å²) in [5.74, 6) is 0.253. The van der Waals surface area contributed by atoms with E-state index in [9.17, 15) is 4.79 Å². The van der Waals surface area contributed by atoms with Gasteiger partial charge >= 0.3 is 5.97 Å². The third-order valence-electron chi connectivity index (χ3n) is 2.27. The first-order valence-electron chi connectivity index (χ1n) is 6.15. The second-order valence-electron chi connectivity index (χ2n) is 4.61. The average Bonchev–Trinajstić information content (AvgIpc) is 2.31. The van der Waals surface area contributed by atoms with Gasteiger partial charge in [-0.05, 0) is 23.6 Å². The zero-order valence-corrected chi connectivity index (χ0v) is 11.0. The molecule has 0 aliphatic rings. The standard InChI is InChI=1S/C14H21NO3/c1-11(2)10-17-7-8-18-14(16)9-12-3-5-13(15)6-4-12/h3-6,11H,7-10,15H2,1-2H3. The topological polar surface area (TPSA) is 61.5 Å². The van der Waals surface area contributed by atoms with Gasteiger partial charge in [0.25, 0.3) is 0 Å². The third-order valence-corrected chi connectivity index (χ3v) is 2.27. The van der Waals surface area contributed by atoms with Crippen molar-refractivity contribution in [2.45, 2.75) is 20.3 Å². The van der Waals surface area contributed by atoms with E-state index < -0.39 is 0 Å². The fourth-order valence-corrected chi connectivity index (χ4v) is 1.39. The van der Waals surface area contributed by atoms with Crippen LogP contribution in [0.2, 0.25) is 0 Å². The lowest BCUT2D eigenvalue weighted by Crippen LogP contribution is -2.14. The van der Waals surface area contributed by atoms with E-state index in [1.54, 1.807) is 12.1 Å². The Hall–Kier alpha value is -1.55. The Labute approximate surface area is 108 Å². The fraction of sp³-hybridized carbons (Fsp3) is 0.500. The highest BCUT2D eigenvalue weighted by Gasteiger charge is 2.04. The van der Waals surface area contributed by atoms with E-state index in [2.05, 4.69) is 13.8 Å². The summed E-state index contributed by atoms with van der Waals surface area (Å²) < 4.78 is 10.4. The maximum absolute atomic E-state index is 11.5. The minimum atomic E-state index is -0.243. The van der Waals surface area contributed by atoms with Gasteiger partial charge in [-0.15, -0.1) is 0 Å². The Morgan fingerprint density at radius 2 is 1.89 bits per heavy atom. The summed E-state index contributed by atoms with van der Waals surface area (Å²) in [4.78, 5) is 11.5. The summed E-state index contributed by atoms with van der Waals surface area (Å²) in [5.41, 5.74) is 7.15. The third kappa shape index (κ3) is 6.25. The van der Waals surface area contributed by atoms with Crippen LogP contribution in [0.4, 0.5) is 5.69 Å². The molecular weight excluding hydrogens is 230 g/mol.